The topological polar surface area (TPSA) is 41.6 Å². The molecular weight excluding hydrogens is 253 g/mol. The predicted molar refractivity (Wildman–Crippen MR) is 80.3 cm³/mol. The second-order valence-electron chi connectivity index (χ2n) is 6.58. The monoisotopic (exact) mass is 275 g/mol. The Morgan fingerprint density at radius 1 is 1.20 bits per heavy atom. The van der Waals surface area contributed by atoms with Crippen molar-refractivity contribution in [3.05, 3.63) is 30.1 Å². The molecule has 4 heteroatoms. The molecule has 1 atom stereocenters. The number of nitrogens with zero attached hydrogens (tertiary/aromatic N) is 2. The van der Waals surface area contributed by atoms with E-state index in [9.17, 15) is 4.39 Å². The van der Waals surface area contributed by atoms with Crippen molar-refractivity contribution in [3.63, 3.8) is 0 Å². The molecule has 2 N–H and O–H groups in total. The molecule has 1 aliphatic carbocycles. The minimum Gasteiger partial charge on any atom is -0.369 e. The first-order valence-corrected chi connectivity index (χ1v) is 7.33. The predicted octanol–water partition coefficient (Wildman–Crippen LogP) is 3.30. The van der Waals surface area contributed by atoms with Gasteiger partial charge in [-0.1, -0.05) is 38.8 Å². The molecular formula is C16H22FN3. The maximum atomic E-state index is 14.3. The van der Waals surface area contributed by atoms with Crippen LogP contribution in [-0.4, -0.2) is 18.0 Å². The van der Waals surface area contributed by atoms with Gasteiger partial charge in [0.05, 0.1) is 17.8 Å². The summed E-state index contributed by atoms with van der Waals surface area (Å²) >= 11 is 0. The maximum Gasteiger partial charge on any atom is 0.196 e. The van der Waals surface area contributed by atoms with Gasteiger partial charge < -0.3 is 10.6 Å². The number of halogens is 1. The van der Waals surface area contributed by atoms with E-state index in [1.165, 1.54) is 12.5 Å². The second kappa shape index (κ2) is 4.47. The standard InChI is InChI=1S/C16H22FN3/c1-15(2)9-5-6-10-16(15)11-19-14(18)20(16)13-8-4-3-7-12(13)17/h3-4,7-8H,5-6,9-11H2,1-2H3,(H2,18,19). The third-order valence-electron chi connectivity index (χ3n) is 5.16. The van der Waals surface area contributed by atoms with Gasteiger partial charge in [-0.15, -0.1) is 0 Å². The van der Waals surface area contributed by atoms with Crippen LogP contribution in [0.5, 0.6) is 0 Å². The Bertz CT molecular complexity index is 552. The summed E-state index contributed by atoms with van der Waals surface area (Å²) in [5.41, 5.74) is 6.56. The summed E-state index contributed by atoms with van der Waals surface area (Å²) < 4.78 is 14.3. The van der Waals surface area contributed by atoms with Gasteiger partial charge in [0.1, 0.15) is 5.82 Å². The van der Waals surface area contributed by atoms with Crippen LogP contribution in [0.15, 0.2) is 29.3 Å². The number of hydrogen-bond acceptors (Lipinski definition) is 3. The van der Waals surface area contributed by atoms with E-state index in [1.54, 1.807) is 12.1 Å². The Labute approximate surface area is 119 Å². The van der Waals surface area contributed by atoms with E-state index in [0.29, 0.717) is 18.2 Å². The fourth-order valence-electron chi connectivity index (χ4n) is 3.82. The van der Waals surface area contributed by atoms with Crippen molar-refractivity contribution < 1.29 is 4.39 Å². The average Bonchev–Trinajstić information content (AvgIpc) is 2.73. The van der Waals surface area contributed by atoms with E-state index in [0.717, 1.165) is 19.3 Å². The van der Waals surface area contributed by atoms with Gasteiger partial charge in [-0.3, -0.25) is 4.99 Å². The highest BCUT2D eigenvalue weighted by Gasteiger charge is 2.54. The molecule has 0 saturated heterocycles. The van der Waals surface area contributed by atoms with E-state index < -0.39 is 0 Å². The maximum absolute atomic E-state index is 14.3. The van der Waals surface area contributed by atoms with Crippen molar-refractivity contribution in [3.8, 4) is 0 Å². The molecule has 1 aliphatic heterocycles. The number of para-hydroxylation sites is 1. The van der Waals surface area contributed by atoms with Crippen LogP contribution in [0.25, 0.3) is 0 Å². The van der Waals surface area contributed by atoms with Gasteiger partial charge in [-0.25, -0.2) is 4.39 Å². The third kappa shape index (κ3) is 1.74. The Balaban J connectivity index is 2.11. The van der Waals surface area contributed by atoms with Crippen LogP contribution in [0.4, 0.5) is 10.1 Å². The third-order valence-corrected chi connectivity index (χ3v) is 5.16. The number of aliphatic imine (C=N–C) groups is 1. The molecule has 1 saturated carbocycles. The first-order chi connectivity index (χ1) is 9.48. The molecule has 0 amide bonds. The highest BCUT2D eigenvalue weighted by atomic mass is 19.1. The summed E-state index contributed by atoms with van der Waals surface area (Å²) in [4.78, 5) is 6.42. The van der Waals surface area contributed by atoms with Crippen molar-refractivity contribution >= 4 is 11.6 Å². The summed E-state index contributed by atoms with van der Waals surface area (Å²) in [7, 11) is 0. The van der Waals surface area contributed by atoms with Crippen LogP contribution in [0.3, 0.4) is 0 Å². The molecule has 3 rings (SSSR count). The summed E-state index contributed by atoms with van der Waals surface area (Å²) in [6.45, 7) is 5.18. The molecule has 1 unspecified atom stereocenters. The van der Waals surface area contributed by atoms with Crippen molar-refractivity contribution in [1.82, 2.24) is 0 Å². The van der Waals surface area contributed by atoms with Crippen LogP contribution in [-0.2, 0) is 0 Å². The summed E-state index contributed by atoms with van der Waals surface area (Å²) in [6, 6.07) is 6.86. The fourth-order valence-corrected chi connectivity index (χ4v) is 3.82. The quantitative estimate of drug-likeness (QED) is 0.854. The van der Waals surface area contributed by atoms with E-state index in [4.69, 9.17) is 5.73 Å². The number of anilines is 1. The Kier molecular flexibility index (Phi) is 3.00. The lowest BCUT2D eigenvalue weighted by Gasteiger charge is -2.53. The molecule has 1 fully saturated rings. The molecule has 1 heterocycles. The van der Waals surface area contributed by atoms with Crippen molar-refractivity contribution in [2.75, 3.05) is 11.4 Å². The molecule has 0 radical (unpaired) electrons. The molecule has 20 heavy (non-hydrogen) atoms. The minimum absolute atomic E-state index is 0.0676. The van der Waals surface area contributed by atoms with Crippen molar-refractivity contribution in [2.45, 2.75) is 45.1 Å². The molecule has 2 aliphatic rings. The molecule has 1 spiro atoms. The number of rotatable bonds is 1. The number of guanidine groups is 1. The van der Waals surface area contributed by atoms with Gasteiger partial charge in [-0.2, -0.15) is 0 Å². The lowest BCUT2D eigenvalue weighted by molar-refractivity contribution is 0.115. The minimum atomic E-state index is -0.228. The lowest BCUT2D eigenvalue weighted by Crippen LogP contribution is -2.62. The van der Waals surface area contributed by atoms with E-state index in [1.807, 2.05) is 11.0 Å². The van der Waals surface area contributed by atoms with Crippen LogP contribution in [0, 0.1) is 11.2 Å². The lowest BCUT2D eigenvalue weighted by atomic mass is 9.62. The van der Waals surface area contributed by atoms with Crippen molar-refractivity contribution in [1.29, 1.82) is 0 Å². The molecule has 3 nitrogen and oxygen atoms in total. The summed E-state index contributed by atoms with van der Waals surface area (Å²) in [6.07, 6.45) is 4.51. The van der Waals surface area contributed by atoms with E-state index in [-0.39, 0.29) is 16.8 Å². The van der Waals surface area contributed by atoms with Crippen LogP contribution < -0.4 is 10.6 Å². The Morgan fingerprint density at radius 2 is 1.90 bits per heavy atom. The SMILES string of the molecule is CC1(C)CCCCC12CN=C(N)N2c1ccccc1F. The Morgan fingerprint density at radius 3 is 2.60 bits per heavy atom. The van der Waals surface area contributed by atoms with Gasteiger partial charge in [-0.05, 0) is 30.4 Å². The normalized spacial score (nSPS) is 28.8. The smallest absolute Gasteiger partial charge is 0.196 e. The summed E-state index contributed by atoms with van der Waals surface area (Å²) in [5.74, 6) is 0.221. The zero-order chi connectivity index (χ0) is 14.4. The van der Waals surface area contributed by atoms with Crippen LogP contribution in [0.1, 0.15) is 39.5 Å². The van der Waals surface area contributed by atoms with Crippen LogP contribution in [0.2, 0.25) is 0 Å². The summed E-state index contributed by atoms with van der Waals surface area (Å²) in [5, 5.41) is 0. The average molecular weight is 275 g/mol. The zero-order valence-electron chi connectivity index (χ0n) is 12.2. The Hall–Kier alpha value is -1.58. The first kappa shape index (κ1) is 13.4. The second-order valence-corrected chi connectivity index (χ2v) is 6.58. The highest BCUT2D eigenvalue weighted by molar-refractivity contribution is 5.98. The molecule has 0 bridgehead atoms. The zero-order valence-corrected chi connectivity index (χ0v) is 12.2. The van der Waals surface area contributed by atoms with E-state index >= 15 is 0 Å². The molecule has 108 valence electrons. The largest absolute Gasteiger partial charge is 0.369 e. The van der Waals surface area contributed by atoms with Gasteiger partial charge in [0.2, 0.25) is 0 Å². The molecule has 1 aromatic carbocycles. The number of hydrogen-bond donors (Lipinski definition) is 1. The first-order valence-electron chi connectivity index (χ1n) is 7.33. The number of nitrogens with two attached hydrogens (primary N) is 1. The fraction of sp³-hybridized carbons (Fsp3) is 0.562. The highest BCUT2D eigenvalue weighted by Crippen LogP contribution is 2.51. The van der Waals surface area contributed by atoms with Crippen molar-refractivity contribution in [2.24, 2.45) is 16.1 Å². The van der Waals surface area contributed by atoms with Gasteiger partial charge in [0.15, 0.2) is 5.96 Å². The van der Waals surface area contributed by atoms with Gasteiger partial charge in [0, 0.05) is 0 Å². The van der Waals surface area contributed by atoms with Gasteiger partial charge in [0.25, 0.3) is 0 Å². The molecule has 1 aromatic rings. The van der Waals surface area contributed by atoms with Crippen LogP contribution >= 0.6 is 0 Å². The van der Waals surface area contributed by atoms with E-state index in [2.05, 4.69) is 18.8 Å². The number of benzene rings is 1. The molecule has 0 aromatic heterocycles. The van der Waals surface area contributed by atoms with Gasteiger partial charge >= 0.3 is 0 Å².